The minimum Gasteiger partial charge on any atom is -0.478 e. The molecule has 0 radical (unpaired) electrons. The highest BCUT2D eigenvalue weighted by Crippen LogP contribution is 2.31. The van der Waals surface area contributed by atoms with E-state index in [-0.39, 0.29) is 5.56 Å². The highest BCUT2D eigenvalue weighted by Gasteiger charge is 2.32. The summed E-state index contributed by atoms with van der Waals surface area (Å²) in [5.74, 6) is -0.504. The topological polar surface area (TPSA) is 79.7 Å². The second kappa shape index (κ2) is 4.77. The van der Waals surface area contributed by atoms with Gasteiger partial charge in [0.05, 0.1) is 5.56 Å². The normalized spacial score (nSPS) is 14.1. The minimum absolute atomic E-state index is 0.176. The molecule has 0 aromatic carbocycles. The Labute approximate surface area is 117 Å². The fourth-order valence-electron chi connectivity index (χ4n) is 2.20. The summed E-state index contributed by atoms with van der Waals surface area (Å²) in [7, 11) is 0. The lowest BCUT2D eigenvalue weighted by atomic mass is 10.0. The standard InChI is InChI=1S/C14H18N2O4/c1-8-9-5-6-16(13(19)20-14(2,3)4)11(9)15-7-10(8)12(17)18/h7H,5-6H2,1-4H3,(H,17,18). The lowest BCUT2D eigenvalue weighted by Crippen LogP contribution is -2.36. The Morgan fingerprint density at radius 3 is 2.60 bits per heavy atom. The van der Waals surface area contributed by atoms with Gasteiger partial charge in [-0.3, -0.25) is 4.90 Å². The number of aromatic carboxylic acids is 1. The summed E-state index contributed by atoms with van der Waals surface area (Å²) in [6, 6.07) is 0. The number of rotatable bonds is 1. The van der Waals surface area contributed by atoms with Gasteiger partial charge in [-0.25, -0.2) is 14.6 Å². The largest absolute Gasteiger partial charge is 0.478 e. The van der Waals surface area contributed by atoms with Crippen molar-refractivity contribution < 1.29 is 19.4 Å². The number of pyridine rings is 1. The van der Waals surface area contributed by atoms with Crippen molar-refractivity contribution in [1.82, 2.24) is 4.98 Å². The molecule has 0 bridgehead atoms. The number of hydrogen-bond acceptors (Lipinski definition) is 4. The molecule has 1 N–H and O–H groups in total. The molecule has 1 aromatic rings. The fraction of sp³-hybridized carbons (Fsp3) is 0.500. The number of carboxylic acid groups (broad SMARTS) is 1. The Morgan fingerprint density at radius 2 is 2.05 bits per heavy atom. The van der Waals surface area contributed by atoms with E-state index >= 15 is 0 Å². The quantitative estimate of drug-likeness (QED) is 0.853. The van der Waals surface area contributed by atoms with Gasteiger partial charge in [0, 0.05) is 18.3 Å². The van der Waals surface area contributed by atoms with Gasteiger partial charge in [-0.15, -0.1) is 0 Å². The molecule has 1 aromatic heterocycles. The first-order valence-electron chi connectivity index (χ1n) is 6.43. The van der Waals surface area contributed by atoms with Gasteiger partial charge in [0.15, 0.2) is 0 Å². The van der Waals surface area contributed by atoms with Crippen molar-refractivity contribution >= 4 is 17.9 Å². The Balaban J connectivity index is 2.33. The zero-order valence-corrected chi connectivity index (χ0v) is 12.1. The van der Waals surface area contributed by atoms with Crippen LogP contribution < -0.4 is 4.90 Å². The molecule has 0 saturated heterocycles. The summed E-state index contributed by atoms with van der Waals surface area (Å²) in [4.78, 5) is 28.8. The highest BCUT2D eigenvalue weighted by molar-refractivity contribution is 5.93. The second-order valence-corrected chi connectivity index (χ2v) is 5.79. The maximum Gasteiger partial charge on any atom is 0.416 e. The van der Waals surface area contributed by atoms with Crippen LogP contribution in [-0.4, -0.2) is 34.3 Å². The van der Waals surface area contributed by atoms with Crippen LogP contribution in [0.5, 0.6) is 0 Å². The molecular weight excluding hydrogens is 260 g/mol. The van der Waals surface area contributed by atoms with Crippen molar-refractivity contribution in [2.75, 3.05) is 11.4 Å². The zero-order valence-electron chi connectivity index (χ0n) is 12.1. The van der Waals surface area contributed by atoms with Crippen molar-refractivity contribution in [3.05, 3.63) is 22.9 Å². The molecule has 1 aliphatic rings. The van der Waals surface area contributed by atoms with Gasteiger partial charge in [-0.2, -0.15) is 0 Å². The number of amides is 1. The molecule has 2 rings (SSSR count). The second-order valence-electron chi connectivity index (χ2n) is 5.79. The number of anilines is 1. The third-order valence-electron chi connectivity index (χ3n) is 3.13. The van der Waals surface area contributed by atoms with Crippen LogP contribution >= 0.6 is 0 Å². The Hall–Kier alpha value is -2.11. The molecular formula is C14H18N2O4. The highest BCUT2D eigenvalue weighted by atomic mass is 16.6. The maximum absolute atomic E-state index is 12.1. The molecule has 1 aliphatic heterocycles. The van der Waals surface area contributed by atoms with Crippen molar-refractivity contribution in [3.8, 4) is 0 Å². The Morgan fingerprint density at radius 1 is 1.40 bits per heavy atom. The molecule has 0 aliphatic carbocycles. The average Bonchev–Trinajstić information content (AvgIpc) is 2.71. The van der Waals surface area contributed by atoms with Crippen LogP contribution in [0.4, 0.5) is 10.6 Å². The van der Waals surface area contributed by atoms with E-state index in [9.17, 15) is 9.59 Å². The number of aromatic nitrogens is 1. The molecule has 0 spiro atoms. The molecule has 0 atom stereocenters. The van der Waals surface area contributed by atoms with Gasteiger partial charge in [-0.1, -0.05) is 0 Å². The first-order chi connectivity index (χ1) is 9.20. The summed E-state index contributed by atoms with van der Waals surface area (Å²) in [5.41, 5.74) is 1.06. The van der Waals surface area contributed by atoms with Gasteiger partial charge in [0.1, 0.15) is 11.4 Å². The first-order valence-corrected chi connectivity index (χ1v) is 6.43. The van der Waals surface area contributed by atoms with Gasteiger partial charge in [-0.05, 0) is 39.7 Å². The lowest BCUT2D eigenvalue weighted by Gasteiger charge is -2.24. The lowest BCUT2D eigenvalue weighted by molar-refractivity contribution is 0.0582. The fourth-order valence-corrected chi connectivity index (χ4v) is 2.20. The molecule has 1 amide bonds. The van der Waals surface area contributed by atoms with Crippen molar-refractivity contribution in [2.24, 2.45) is 0 Å². The molecule has 6 heteroatoms. The summed E-state index contributed by atoms with van der Waals surface area (Å²) >= 11 is 0. The molecule has 6 nitrogen and oxygen atoms in total. The van der Waals surface area contributed by atoms with Crippen LogP contribution in [0, 0.1) is 6.92 Å². The van der Waals surface area contributed by atoms with Gasteiger partial charge in [0.25, 0.3) is 0 Å². The van der Waals surface area contributed by atoms with Crippen LogP contribution in [0.25, 0.3) is 0 Å². The van der Waals surface area contributed by atoms with Crippen LogP contribution in [-0.2, 0) is 11.2 Å². The van der Waals surface area contributed by atoms with Crippen LogP contribution in [0.3, 0.4) is 0 Å². The number of hydrogen-bond donors (Lipinski definition) is 1. The molecule has 2 heterocycles. The number of carboxylic acids is 1. The average molecular weight is 278 g/mol. The van der Waals surface area contributed by atoms with Crippen molar-refractivity contribution in [2.45, 2.75) is 39.7 Å². The van der Waals surface area contributed by atoms with Crippen molar-refractivity contribution in [1.29, 1.82) is 0 Å². The Kier molecular flexibility index (Phi) is 3.41. The monoisotopic (exact) mass is 278 g/mol. The minimum atomic E-state index is -1.01. The predicted octanol–water partition coefficient (Wildman–Crippen LogP) is 2.39. The summed E-state index contributed by atoms with van der Waals surface area (Å²) < 4.78 is 5.33. The van der Waals surface area contributed by atoms with E-state index in [4.69, 9.17) is 9.84 Å². The van der Waals surface area contributed by atoms with Gasteiger partial charge in [0.2, 0.25) is 0 Å². The molecule has 0 fully saturated rings. The van der Waals surface area contributed by atoms with E-state index in [1.807, 2.05) is 0 Å². The van der Waals surface area contributed by atoms with Gasteiger partial charge >= 0.3 is 12.1 Å². The number of carbonyl (C=O) groups excluding carboxylic acids is 1. The van der Waals surface area contributed by atoms with E-state index < -0.39 is 17.7 Å². The van der Waals surface area contributed by atoms with Gasteiger partial charge < -0.3 is 9.84 Å². The summed E-state index contributed by atoms with van der Waals surface area (Å²) in [5, 5.41) is 9.08. The first kappa shape index (κ1) is 14.3. The van der Waals surface area contributed by atoms with E-state index in [0.29, 0.717) is 24.3 Å². The van der Waals surface area contributed by atoms with E-state index in [0.717, 1.165) is 5.56 Å². The predicted molar refractivity (Wildman–Crippen MR) is 73.2 cm³/mol. The van der Waals surface area contributed by atoms with Crippen LogP contribution in [0.15, 0.2) is 6.20 Å². The third-order valence-corrected chi connectivity index (χ3v) is 3.13. The molecule has 20 heavy (non-hydrogen) atoms. The third kappa shape index (κ3) is 2.59. The number of ether oxygens (including phenoxy) is 1. The van der Waals surface area contributed by atoms with E-state index in [1.165, 1.54) is 11.1 Å². The van der Waals surface area contributed by atoms with Crippen molar-refractivity contribution in [3.63, 3.8) is 0 Å². The molecule has 0 saturated carbocycles. The smallest absolute Gasteiger partial charge is 0.416 e. The summed E-state index contributed by atoms with van der Waals surface area (Å²) in [6.45, 7) is 7.60. The molecule has 0 unspecified atom stereocenters. The zero-order chi connectivity index (χ0) is 15.1. The van der Waals surface area contributed by atoms with E-state index in [2.05, 4.69) is 4.98 Å². The van der Waals surface area contributed by atoms with Crippen LogP contribution in [0.1, 0.15) is 42.3 Å². The maximum atomic E-state index is 12.1. The SMILES string of the molecule is Cc1c(C(=O)O)cnc2c1CCN2C(=O)OC(C)(C)C. The Bertz CT molecular complexity index is 575. The number of fused-ring (bicyclic) bond motifs is 1. The number of carbonyl (C=O) groups is 2. The number of nitrogens with zero attached hydrogens (tertiary/aromatic N) is 2. The van der Waals surface area contributed by atoms with E-state index in [1.54, 1.807) is 27.7 Å². The summed E-state index contributed by atoms with van der Waals surface area (Å²) in [6.07, 6.45) is 1.43. The molecule has 108 valence electrons. The van der Waals surface area contributed by atoms with Crippen LogP contribution in [0.2, 0.25) is 0 Å².